The van der Waals surface area contributed by atoms with E-state index in [9.17, 15) is 13.2 Å². The smallest absolute Gasteiger partial charge is 0.249 e. The van der Waals surface area contributed by atoms with Gasteiger partial charge >= 0.3 is 0 Å². The van der Waals surface area contributed by atoms with Crippen LogP contribution in [0.25, 0.3) is 0 Å². The average Bonchev–Trinajstić information content (AvgIpc) is 2.69. The third kappa shape index (κ3) is 4.00. The molecule has 1 atom stereocenters. The van der Waals surface area contributed by atoms with Crippen LogP contribution in [0.1, 0.15) is 19.8 Å². The topological polar surface area (TPSA) is 75.7 Å². The molecule has 160 valence electrons. The number of halogens is 1. The fraction of sp³-hybridized carbons (Fsp3) is 0.381. The predicted octanol–water partition coefficient (Wildman–Crippen LogP) is 4.16. The van der Waals surface area contributed by atoms with Crippen molar-refractivity contribution >= 4 is 50.7 Å². The van der Waals surface area contributed by atoms with Gasteiger partial charge < -0.3 is 10.1 Å². The van der Waals surface area contributed by atoms with Gasteiger partial charge in [-0.15, -0.1) is 0 Å². The van der Waals surface area contributed by atoms with E-state index < -0.39 is 20.7 Å². The van der Waals surface area contributed by atoms with Crippen LogP contribution < -0.4 is 14.4 Å². The lowest BCUT2D eigenvalue weighted by Crippen LogP contribution is -2.57. The van der Waals surface area contributed by atoms with Crippen molar-refractivity contribution in [3.05, 3.63) is 53.6 Å². The maximum atomic E-state index is 13.4. The van der Waals surface area contributed by atoms with Gasteiger partial charge in [-0.2, -0.15) is 11.8 Å². The lowest BCUT2D eigenvalue weighted by Gasteiger charge is -2.39. The number of thioether (sulfide) groups is 1. The molecule has 1 amide bonds. The number of hydrogen-bond donors (Lipinski definition) is 1. The Labute approximate surface area is 186 Å². The number of anilines is 2. The summed E-state index contributed by atoms with van der Waals surface area (Å²) < 4.78 is 32.3. The van der Waals surface area contributed by atoms with E-state index in [-0.39, 0.29) is 12.5 Å². The zero-order valence-electron chi connectivity index (χ0n) is 16.5. The summed E-state index contributed by atoms with van der Waals surface area (Å²) >= 11 is 7.77. The van der Waals surface area contributed by atoms with Crippen LogP contribution in [0.15, 0.2) is 48.5 Å². The maximum Gasteiger partial charge on any atom is 0.249 e. The highest BCUT2D eigenvalue weighted by Gasteiger charge is 2.52. The fourth-order valence-corrected chi connectivity index (χ4v) is 6.15. The minimum atomic E-state index is -3.92. The Hall–Kier alpha value is -1.90. The molecule has 1 N–H and O–H groups in total. The minimum Gasteiger partial charge on any atom is -0.489 e. The Balaban J connectivity index is 1.51. The van der Waals surface area contributed by atoms with Crippen molar-refractivity contribution in [1.29, 1.82) is 0 Å². The second-order valence-corrected chi connectivity index (χ2v) is 11.4. The van der Waals surface area contributed by atoms with Gasteiger partial charge in [0, 0.05) is 28.8 Å². The first-order chi connectivity index (χ1) is 14.3. The molecule has 6 nitrogen and oxygen atoms in total. The van der Waals surface area contributed by atoms with Gasteiger partial charge in [-0.05, 0) is 68.3 Å². The van der Waals surface area contributed by atoms with Crippen LogP contribution in [0.2, 0.25) is 5.02 Å². The van der Waals surface area contributed by atoms with Gasteiger partial charge in [0.15, 0.2) is 4.75 Å². The highest BCUT2D eigenvalue weighted by Crippen LogP contribution is 2.36. The molecule has 2 aliphatic rings. The molecule has 0 saturated carbocycles. The quantitative estimate of drug-likeness (QED) is 0.716. The first-order valence-corrected chi connectivity index (χ1v) is 12.7. The minimum absolute atomic E-state index is 0.237. The first-order valence-electron chi connectivity index (χ1n) is 9.73. The molecule has 2 saturated heterocycles. The summed E-state index contributed by atoms with van der Waals surface area (Å²) in [5.41, 5.74) is 1.05. The average molecular weight is 467 g/mol. The molecule has 2 fully saturated rings. The number of hydrogen-bond acceptors (Lipinski definition) is 5. The standard InChI is InChI=1S/C21H23ClN2O4S2/c1-21(11-2-12-24(30(21,26)27)17-7-3-15(22)4-8-17)20(25)23-16-5-9-18(10-6-16)28-19-13-29-14-19/h3-10,19H,2,11-14H2,1H3,(H,23,25). The normalized spacial score (nSPS) is 23.5. The molecule has 0 aliphatic carbocycles. The van der Waals surface area contributed by atoms with Crippen molar-refractivity contribution in [2.45, 2.75) is 30.6 Å². The summed E-state index contributed by atoms with van der Waals surface area (Å²) in [7, 11) is -3.92. The highest BCUT2D eigenvalue weighted by atomic mass is 35.5. The molecule has 30 heavy (non-hydrogen) atoms. The summed E-state index contributed by atoms with van der Waals surface area (Å²) in [5, 5.41) is 3.30. The molecule has 0 radical (unpaired) electrons. The molecule has 1 unspecified atom stereocenters. The monoisotopic (exact) mass is 466 g/mol. The molecule has 4 rings (SSSR count). The highest BCUT2D eigenvalue weighted by molar-refractivity contribution is 8.00. The number of nitrogens with zero attached hydrogens (tertiary/aromatic N) is 1. The van der Waals surface area contributed by atoms with Gasteiger partial charge in [0.05, 0.1) is 5.69 Å². The second kappa shape index (κ2) is 8.32. The molecule has 0 bridgehead atoms. The number of amides is 1. The van der Waals surface area contributed by atoms with Gasteiger partial charge in [0.2, 0.25) is 15.9 Å². The summed E-state index contributed by atoms with van der Waals surface area (Å²) in [6.45, 7) is 1.82. The van der Waals surface area contributed by atoms with Gasteiger partial charge in [-0.25, -0.2) is 8.42 Å². The third-order valence-corrected chi connectivity index (χ3v) is 9.46. The third-order valence-electron chi connectivity index (χ3n) is 5.49. The number of benzene rings is 2. The number of rotatable bonds is 5. The maximum absolute atomic E-state index is 13.4. The van der Waals surface area contributed by atoms with Crippen molar-refractivity contribution in [2.24, 2.45) is 0 Å². The van der Waals surface area contributed by atoms with E-state index in [1.807, 2.05) is 11.8 Å². The largest absolute Gasteiger partial charge is 0.489 e. The lowest BCUT2D eigenvalue weighted by atomic mass is 10.0. The van der Waals surface area contributed by atoms with E-state index in [0.717, 1.165) is 17.3 Å². The van der Waals surface area contributed by atoms with Gasteiger partial charge in [-0.1, -0.05) is 11.6 Å². The van der Waals surface area contributed by atoms with Crippen LogP contribution >= 0.6 is 23.4 Å². The van der Waals surface area contributed by atoms with E-state index in [0.29, 0.717) is 29.4 Å². The van der Waals surface area contributed by atoms with Crippen LogP contribution in [0.4, 0.5) is 11.4 Å². The fourth-order valence-electron chi connectivity index (χ4n) is 3.51. The van der Waals surface area contributed by atoms with Crippen LogP contribution in [-0.2, 0) is 14.8 Å². The molecule has 2 aromatic carbocycles. The summed E-state index contributed by atoms with van der Waals surface area (Å²) in [6.07, 6.45) is 1.07. The summed E-state index contributed by atoms with van der Waals surface area (Å²) in [6, 6.07) is 13.6. The summed E-state index contributed by atoms with van der Waals surface area (Å²) in [4.78, 5) is 13.1. The number of ether oxygens (including phenoxy) is 1. The lowest BCUT2D eigenvalue weighted by molar-refractivity contribution is -0.118. The number of carbonyl (C=O) groups is 1. The Morgan fingerprint density at radius 3 is 2.43 bits per heavy atom. The Morgan fingerprint density at radius 2 is 1.83 bits per heavy atom. The summed E-state index contributed by atoms with van der Waals surface area (Å²) in [5.74, 6) is 2.17. The van der Waals surface area contributed by atoms with Crippen molar-refractivity contribution < 1.29 is 17.9 Å². The molecule has 2 heterocycles. The Bertz CT molecular complexity index is 1020. The molecule has 0 spiro atoms. The van der Waals surface area contributed by atoms with Crippen LogP contribution in [0.3, 0.4) is 0 Å². The van der Waals surface area contributed by atoms with E-state index in [4.69, 9.17) is 16.3 Å². The van der Waals surface area contributed by atoms with Crippen LogP contribution in [0, 0.1) is 0 Å². The zero-order valence-corrected chi connectivity index (χ0v) is 18.9. The number of carbonyl (C=O) groups excluding carboxylic acids is 1. The van der Waals surface area contributed by atoms with Gasteiger partial charge in [-0.3, -0.25) is 9.10 Å². The van der Waals surface area contributed by atoms with E-state index in [2.05, 4.69) is 5.32 Å². The molecule has 2 aliphatic heterocycles. The van der Waals surface area contributed by atoms with Gasteiger partial charge in [0.25, 0.3) is 0 Å². The van der Waals surface area contributed by atoms with E-state index in [1.54, 1.807) is 48.5 Å². The van der Waals surface area contributed by atoms with Crippen molar-refractivity contribution in [1.82, 2.24) is 0 Å². The van der Waals surface area contributed by atoms with E-state index >= 15 is 0 Å². The number of nitrogens with one attached hydrogen (secondary N) is 1. The molecular weight excluding hydrogens is 444 g/mol. The molecule has 0 aromatic heterocycles. The zero-order chi connectivity index (χ0) is 21.4. The number of sulfonamides is 1. The van der Waals surface area contributed by atoms with Crippen molar-refractivity contribution in [3.8, 4) is 5.75 Å². The van der Waals surface area contributed by atoms with Gasteiger partial charge in [0.1, 0.15) is 11.9 Å². The molecule has 2 aromatic rings. The molecular formula is C21H23ClN2O4S2. The Kier molecular flexibility index (Phi) is 5.92. The second-order valence-electron chi connectivity index (χ2n) is 7.64. The molecule has 9 heteroatoms. The SMILES string of the molecule is CC1(C(=O)Nc2ccc(OC3CSC3)cc2)CCCN(c2ccc(Cl)cc2)S1(=O)=O. The van der Waals surface area contributed by atoms with Crippen molar-refractivity contribution in [3.63, 3.8) is 0 Å². The van der Waals surface area contributed by atoms with Crippen LogP contribution in [-0.4, -0.2) is 43.2 Å². The predicted molar refractivity (Wildman–Crippen MR) is 122 cm³/mol. The first kappa shape index (κ1) is 21.3. The Morgan fingerprint density at radius 1 is 1.17 bits per heavy atom. The van der Waals surface area contributed by atoms with Crippen molar-refractivity contribution in [2.75, 3.05) is 27.7 Å². The van der Waals surface area contributed by atoms with E-state index in [1.165, 1.54) is 11.2 Å². The van der Waals surface area contributed by atoms with Crippen LogP contribution in [0.5, 0.6) is 5.75 Å².